The van der Waals surface area contributed by atoms with Gasteiger partial charge in [0.1, 0.15) is 12.1 Å². The van der Waals surface area contributed by atoms with E-state index in [1.807, 2.05) is 29.6 Å². The molecule has 0 spiro atoms. The molecule has 5 heteroatoms. The zero-order chi connectivity index (χ0) is 11.8. The van der Waals surface area contributed by atoms with Crippen LogP contribution >= 0.6 is 11.3 Å². The molecule has 3 rings (SSSR count). The predicted molar refractivity (Wildman–Crippen MR) is 67.6 cm³/mol. The number of rotatable bonds is 2. The van der Waals surface area contributed by atoms with Crippen molar-refractivity contribution in [2.24, 2.45) is 0 Å². The molecule has 2 aromatic heterocycles. The SMILES string of the molecule is COc1ccccc1-c1sc2ncnn2c1C. The Hall–Kier alpha value is -1.88. The summed E-state index contributed by atoms with van der Waals surface area (Å²) < 4.78 is 7.24. The second kappa shape index (κ2) is 3.85. The predicted octanol–water partition coefficient (Wildman–Crippen LogP) is 2.77. The minimum Gasteiger partial charge on any atom is -0.496 e. The highest BCUT2D eigenvalue weighted by atomic mass is 32.1. The quantitative estimate of drug-likeness (QED) is 0.697. The summed E-state index contributed by atoms with van der Waals surface area (Å²) in [7, 11) is 1.69. The van der Waals surface area contributed by atoms with E-state index in [0.717, 1.165) is 26.8 Å². The van der Waals surface area contributed by atoms with Crippen molar-refractivity contribution < 1.29 is 4.74 Å². The largest absolute Gasteiger partial charge is 0.496 e. The number of benzene rings is 1. The van der Waals surface area contributed by atoms with E-state index in [-0.39, 0.29) is 0 Å². The summed E-state index contributed by atoms with van der Waals surface area (Å²) in [5.41, 5.74) is 2.18. The lowest BCUT2D eigenvalue weighted by Crippen LogP contribution is -1.90. The molecule has 3 aromatic rings. The highest BCUT2D eigenvalue weighted by molar-refractivity contribution is 7.20. The van der Waals surface area contributed by atoms with Gasteiger partial charge in [-0.25, -0.2) is 9.50 Å². The molecule has 0 saturated heterocycles. The van der Waals surface area contributed by atoms with Crippen molar-refractivity contribution >= 4 is 16.3 Å². The highest BCUT2D eigenvalue weighted by Gasteiger charge is 2.14. The van der Waals surface area contributed by atoms with Crippen LogP contribution < -0.4 is 4.74 Å². The molecule has 0 fully saturated rings. The summed E-state index contributed by atoms with van der Waals surface area (Å²) in [5.74, 6) is 0.875. The standard InChI is InChI=1S/C12H11N3OS/c1-8-11(17-12-13-7-14-15(8)12)9-5-3-4-6-10(9)16-2/h3-7H,1-2H3. The number of fused-ring (bicyclic) bond motifs is 1. The molecule has 2 heterocycles. The van der Waals surface area contributed by atoms with Crippen LogP contribution in [-0.2, 0) is 0 Å². The zero-order valence-corrected chi connectivity index (χ0v) is 10.4. The van der Waals surface area contributed by atoms with Crippen LogP contribution in [-0.4, -0.2) is 21.7 Å². The van der Waals surface area contributed by atoms with Crippen molar-refractivity contribution in [1.29, 1.82) is 0 Å². The van der Waals surface area contributed by atoms with Crippen molar-refractivity contribution in [2.75, 3.05) is 7.11 Å². The van der Waals surface area contributed by atoms with Crippen LogP contribution in [0.15, 0.2) is 30.6 Å². The Morgan fingerprint density at radius 2 is 2.12 bits per heavy atom. The third-order valence-corrected chi connectivity index (χ3v) is 3.89. The third kappa shape index (κ3) is 1.51. The number of aryl methyl sites for hydroxylation is 1. The summed E-state index contributed by atoms with van der Waals surface area (Å²) >= 11 is 1.62. The molecule has 0 aliphatic carbocycles. The normalized spacial score (nSPS) is 10.9. The average molecular weight is 245 g/mol. The number of hydrogen-bond donors (Lipinski definition) is 0. The first kappa shape index (κ1) is 10.3. The smallest absolute Gasteiger partial charge is 0.212 e. The summed E-state index contributed by atoms with van der Waals surface area (Å²) in [6.45, 7) is 2.04. The van der Waals surface area contributed by atoms with Gasteiger partial charge in [0, 0.05) is 5.56 Å². The molecule has 0 bridgehead atoms. The Bertz CT molecular complexity index is 671. The van der Waals surface area contributed by atoms with E-state index in [0.29, 0.717) is 0 Å². The molecule has 86 valence electrons. The van der Waals surface area contributed by atoms with Gasteiger partial charge in [-0.05, 0) is 19.1 Å². The lowest BCUT2D eigenvalue weighted by atomic mass is 10.1. The van der Waals surface area contributed by atoms with Crippen LogP contribution in [0.3, 0.4) is 0 Å². The number of hydrogen-bond acceptors (Lipinski definition) is 4. The third-order valence-electron chi connectivity index (χ3n) is 2.71. The minimum absolute atomic E-state index is 0.875. The molecule has 0 unspecified atom stereocenters. The van der Waals surface area contributed by atoms with E-state index >= 15 is 0 Å². The fraction of sp³-hybridized carbons (Fsp3) is 0.167. The lowest BCUT2D eigenvalue weighted by Gasteiger charge is -2.06. The molecular formula is C12H11N3OS. The first-order chi connectivity index (χ1) is 8.31. The number of thiazole rings is 1. The molecule has 0 N–H and O–H groups in total. The number of methoxy groups -OCH3 is 1. The van der Waals surface area contributed by atoms with E-state index in [4.69, 9.17) is 4.74 Å². The van der Waals surface area contributed by atoms with Crippen molar-refractivity contribution in [3.63, 3.8) is 0 Å². The lowest BCUT2D eigenvalue weighted by molar-refractivity contribution is 0.416. The topological polar surface area (TPSA) is 39.4 Å². The van der Waals surface area contributed by atoms with Crippen molar-refractivity contribution in [3.05, 3.63) is 36.3 Å². The van der Waals surface area contributed by atoms with Crippen LogP contribution in [0.2, 0.25) is 0 Å². The first-order valence-electron chi connectivity index (χ1n) is 5.24. The molecule has 1 aromatic carbocycles. The van der Waals surface area contributed by atoms with Gasteiger partial charge < -0.3 is 4.74 Å². The van der Waals surface area contributed by atoms with Crippen LogP contribution in [0.25, 0.3) is 15.4 Å². The molecule has 0 aliphatic heterocycles. The van der Waals surface area contributed by atoms with Gasteiger partial charge in [0.25, 0.3) is 0 Å². The van der Waals surface area contributed by atoms with Crippen LogP contribution in [0, 0.1) is 6.92 Å². The van der Waals surface area contributed by atoms with Gasteiger partial charge in [0.15, 0.2) is 0 Å². The second-order valence-electron chi connectivity index (χ2n) is 3.67. The fourth-order valence-corrected chi connectivity index (χ4v) is 2.94. The monoisotopic (exact) mass is 245 g/mol. The number of nitrogens with zero attached hydrogens (tertiary/aromatic N) is 3. The Morgan fingerprint density at radius 3 is 2.88 bits per heavy atom. The van der Waals surface area contributed by atoms with Crippen molar-refractivity contribution in [2.45, 2.75) is 6.92 Å². The maximum absolute atomic E-state index is 5.38. The molecule has 17 heavy (non-hydrogen) atoms. The Balaban J connectivity index is 2.26. The van der Waals surface area contributed by atoms with Gasteiger partial charge in [0.2, 0.25) is 4.96 Å². The maximum atomic E-state index is 5.38. The summed E-state index contributed by atoms with van der Waals surface area (Å²) in [5, 5.41) is 4.20. The van der Waals surface area contributed by atoms with Crippen LogP contribution in [0.1, 0.15) is 5.69 Å². The van der Waals surface area contributed by atoms with E-state index in [2.05, 4.69) is 16.1 Å². The van der Waals surface area contributed by atoms with Crippen molar-refractivity contribution in [1.82, 2.24) is 14.6 Å². The molecule has 0 atom stereocenters. The van der Waals surface area contributed by atoms with Crippen molar-refractivity contribution in [3.8, 4) is 16.2 Å². The summed E-state index contributed by atoms with van der Waals surface area (Å²) in [6.07, 6.45) is 1.57. The first-order valence-corrected chi connectivity index (χ1v) is 6.05. The van der Waals surface area contributed by atoms with Gasteiger partial charge in [-0.3, -0.25) is 0 Å². The molecule has 0 radical (unpaired) electrons. The van der Waals surface area contributed by atoms with E-state index in [1.54, 1.807) is 24.8 Å². The summed E-state index contributed by atoms with van der Waals surface area (Å²) in [6, 6.07) is 7.99. The second-order valence-corrected chi connectivity index (χ2v) is 4.65. The Morgan fingerprint density at radius 1 is 1.29 bits per heavy atom. The van der Waals surface area contributed by atoms with Gasteiger partial charge >= 0.3 is 0 Å². The molecule has 4 nitrogen and oxygen atoms in total. The molecule has 0 amide bonds. The number of ether oxygens (including phenoxy) is 1. The maximum Gasteiger partial charge on any atom is 0.212 e. The van der Waals surface area contributed by atoms with Gasteiger partial charge in [-0.15, -0.1) is 0 Å². The molecule has 0 saturated carbocycles. The Labute approximate surface area is 102 Å². The van der Waals surface area contributed by atoms with Crippen LogP contribution in [0.4, 0.5) is 0 Å². The molecular weight excluding hydrogens is 234 g/mol. The van der Waals surface area contributed by atoms with Gasteiger partial charge in [0.05, 0.1) is 17.7 Å². The fourth-order valence-electron chi connectivity index (χ4n) is 1.87. The van der Waals surface area contributed by atoms with Crippen LogP contribution in [0.5, 0.6) is 5.75 Å². The highest BCUT2D eigenvalue weighted by Crippen LogP contribution is 2.36. The summed E-state index contributed by atoms with van der Waals surface area (Å²) in [4.78, 5) is 6.27. The number of aromatic nitrogens is 3. The van der Waals surface area contributed by atoms with E-state index in [1.165, 1.54) is 0 Å². The Kier molecular flexibility index (Phi) is 2.33. The average Bonchev–Trinajstić information content (AvgIpc) is 2.93. The van der Waals surface area contributed by atoms with E-state index in [9.17, 15) is 0 Å². The van der Waals surface area contributed by atoms with Gasteiger partial charge in [-0.1, -0.05) is 23.5 Å². The number of para-hydroxylation sites is 1. The molecule has 0 aliphatic rings. The minimum atomic E-state index is 0.875. The van der Waals surface area contributed by atoms with Gasteiger partial charge in [-0.2, -0.15) is 5.10 Å². The zero-order valence-electron chi connectivity index (χ0n) is 9.54. The van der Waals surface area contributed by atoms with E-state index < -0.39 is 0 Å².